The predicted molar refractivity (Wildman–Crippen MR) is 315 cm³/mol. The van der Waals surface area contributed by atoms with Crippen LogP contribution in [0.3, 0.4) is 0 Å². The molecule has 4 amide bonds. The summed E-state index contributed by atoms with van der Waals surface area (Å²) < 4.78 is 23.0. The average molecular weight is 1140 g/mol. The van der Waals surface area contributed by atoms with E-state index in [0.29, 0.717) is 98.0 Å². The number of carboxylic acids is 2. The lowest BCUT2D eigenvalue weighted by molar-refractivity contribution is -0.142. The molecule has 8 N–H and O–H groups in total. The van der Waals surface area contributed by atoms with Gasteiger partial charge < -0.3 is 60.3 Å². The highest BCUT2D eigenvalue weighted by Gasteiger charge is 2.18. The molecule has 0 heterocycles. The fourth-order valence-electron chi connectivity index (χ4n) is 5.58. The Morgan fingerprint density at radius 1 is 0.513 bits per heavy atom. The van der Waals surface area contributed by atoms with Crippen LogP contribution in [0.2, 0.25) is 0 Å². The van der Waals surface area contributed by atoms with Crippen LogP contribution in [0.4, 0.5) is 0 Å². The van der Waals surface area contributed by atoms with Gasteiger partial charge in [-0.3, -0.25) is 33.5 Å². The number of ether oxygens (including phenoxy) is 4. The second-order valence-corrected chi connectivity index (χ2v) is 15.8. The zero-order valence-corrected chi connectivity index (χ0v) is 51.4. The molecular weight excluding hydrogens is 1020 g/mol. The highest BCUT2D eigenvalue weighted by Crippen LogP contribution is 2.14. The normalized spacial score (nSPS) is 10.0. The van der Waals surface area contributed by atoms with Crippen molar-refractivity contribution >= 4 is 73.4 Å². The zero-order valence-electron chi connectivity index (χ0n) is 49.6. The summed E-state index contributed by atoms with van der Waals surface area (Å²) in [6.45, 7) is 26.1. The molecular formula is C54H115N5O15S2. The number of unbranched alkanes of at least 4 members (excludes halogenated alkanes) is 15. The first kappa shape index (κ1) is 92.0. The third-order valence-electron chi connectivity index (χ3n) is 9.01. The molecule has 76 heavy (non-hydrogen) atoms. The minimum absolute atomic E-state index is 0.00507. The van der Waals surface area contributed by atoms with Gasteiger partial charge in [-0.15, -0.1) is 12.6 Å². The van der Waals surface area contributed by atoms with E-state index in [2.05, 4.69) is 51.4 Å². The Balaban J connectivity index is -0.000000117. The summed E-state index contributed by atoms with van der Waals surface area (Å²) in [5.41, 5.74) is 0. The summed E-state index contributed by atoms with van der Waals surface area (Å²) in [5, 5.41) is 34.8. The Kier molecular flexibility index (Phi) is 114. The number of carboxylic acid groups (broad SMARTS) is 2. The number of rotatable bonds is 45. The van der Waals surface area contributed by atoms with Crippen LogP contribution >= 0.6 is 25.4 Å². The minimum atomic E-state index is -0.940. The summed E-state index contributed by atoms with van der Waals surface area (Å²) in [4.78, 5) is 83.9. The zero-order chi connectivity index (χ0) is 60.2. The number of thiol groups is 2. The van der Waals surface area contributed by atoms with Crippen molar-refractivity contribution in [3.63, 3.8) is 0 Å². The van der Waals surface area contributed by atoms with E-state index >= 15 is 0 Å². The molecule has 0 aliphatic heterocycles. The lowest BCUT2D eigenvalue weighted by atomic mass is 10.0. The van der Waals surface area contributed by atoms with Gasteiger partial charge in [-0.25, -0.2) is 4.79 Å². The highest BCUT2D eigenvalue weighted by atomic mass is 32.1. The fourth-order valence-corrected chi connectivity index (χ4v) is 5.82. The van der Waals surface area contributed by atoms with Crippen molar-refractivity contribution in [2.75, 3.05) is 79.6 Å². The van der Waals surface area contributed by atoms with Crippen molar-refractivity contribution in [2.24, 2.45) is 0 Å². The van der Waals surface area contributed by atoms with Crippen molar-refractivity contribution in [2.45, 2.75) is 223 Å². The van der Waals surface area contributed by atoms with Gasteiger partial charge >= 0.3 is 11.9 Å². The summed E-state index contributed by atoms with van der Waals surface area (Å²) in [7, 11) is 1.00. The van der Waals surface area contributed by atoms with Crippen LogP contribution in [0.25, 0.3) is 0 Å². The van der Waals surface area contributed by atoms with Crippen LogP contribution in [-0.2, 0) is 57.3 Å². The number of amides is 4. The number of hydrogen-bond acceptors (Lipinski definition) is 15. The van der Waals surface area contributed by atoms with E-state index in [9.17, 15) is 38.4 Å². The smallest absolute Gasteiger partial charge is 0.326 e. The van der Waals surface area contributed by atoms with Crippen LogP contribution in [0, 0.1) is 0 Å². The van der Waals surface area contributed by atoms with E-state index in [4.69, 9.17) is 34.3 Å². The molecule has 0 aromatic heterocycles. The number of aliphatic hydroxyl groups is 1. The van der Waals surface area contributed by atoms with E-state index in [1.54, 1.807) is 0 Å². The molecule has 0 rings (SSSR count). The Labute approximate surface area is 472 Å². The van der Waals surface area contributed by atoms with Gasteiger partial charge in [-0.1, -0.05) is 159 Å². The number of aldehydes is 1. The molecule has 458 valence electrons. The van der Waals surface area contributed by atoms with Crippen molar-refractivity contribution in [1.82, 2.24) is 26.0 Å². The van der Waals surface area contributed by atoms with Gasteiger partial charge in [0.25, 0.3) is 0 Å². The Bertz CT molecular complexity index is 1170. The molecule has 0 unspecified atom stereocenters. The second kappa shape index (κ2) is 94.1. The summed E-state index contributed by atoms with van der Waals surface area (Å²) in [5.74, 6) is -2.17. The van der Waals surface area contributed by atoms with Crippen molar-refractivity contribution < 1.29 is 72.6 Å². The van der Waals surface area contributed by atoms with E-state index in [0.717, 1.165) is 64.8 Å². The van der Waals surface area contributed by atoms with Crippen LogP contribution in [0.5, 0.6) is 0 Å². The maximum atomic E-state index is 11.8. The first-order valence-electron chi connectivity index (χ1n) is 28.0. The van der Waals surface area contributed by atoms with Gasteiger partial charge in [-0.05, 0) is 45.4 Å². The summed E-state index contributed by atoms with van der Waals surface area (Å²) >= 11 is 7.02. The number of carbonyl (C=O) groups excluding carboxylic acids is 6. The van der Waals surface area contributed by atoms with Gasteiger partial charge in [0, 0.05) is 53.1 Å². The van der Waals surface area contributed by atoms with Crippen molar-refractivity contribution in [1.29, 1.82) is 0 Å². The molecule has 0 radical (unpaired) electrons. The standard InChI is InChI=1S/C23H43NO4.C13H26N2O6.C7H14N2O3S.C2H4OS.4C2H6.CH4O/c1-2-18-21(23(27)28)24-22(26)19-16-14-12-10-8-6-4-3-5-7-9-11-13-15-17-20-25;1-2-18-7-8-20-6-4-15-13(17)11-21-10-9-19-5-3-14-12-16;10-5-8-4-2-1-3-6(9-13)7(11)12;1-2(3)4;5*1-2/h20-21H,2-19H2,1H3,(H,24,26)(H,27,28);12H,2-11H2,1H3,(H,14,16)(H,15,17);5-6,9,13H,1-4H2,(H,8,10)(H,11,12);1H3,(H,3,4);4*1-2H3;2H,1H3/t21-;;6-;;;;;;/m0.0....../s1. The highest BCUT2D eigenvalue weighted by molar-refractivity contribution is 7.96. The van der Waals surface area contributed by atoms with Gasteiger partial charge in [0.05, 0.1) is 39.6 Å². The molecule has 0 aromatic rings. The summed E-state index contributed by atoms with van der Waals surface area (Å²) in [6, 6.07) is -1.35. The number of aliphatic hydroxyl groups excluding tert-OH is 1. The third-order valence-corrected chi connectivity index (χ3v) is 9.32. The molecule has 0 fully saturated rings. The SMILES string of the molecule is CC.CC.CC.CC.CC(=O)S.CCC[C@H](NC(=O)CCCCCCCCCCCCCCCCC=O)C(=O)O.CCOCCOCCNC(=O)COCCOCCNC=O.CO.O=CNCCCC[C@H](NS)C(=O)O. The number of aliphatic carboxylic acids is 2. The van der Waals surface area contributed by atoms with Crippen LogP contribution in [-0.4, -0.2) is 155 Å². The largest absolute Gasteiger partial charge is 0.480 e. The maximum absolute atomic E-state index is 11.8. The lowest BCUT2D eigenvalue weighted by Gasteiger charge is -2.13. The number of carbonyl (C=O) groups is 8. The second-order valence-electron chi connectivity index (χ2n) is 14.9. The first-order valence-corrected chi connectivity index (χ1v) is 28.9. The molecule has 20 nitrogen and oxygen atoms in total. The van der Waals surface area contributed by atoms with Crippen LogP contribution < -0.4 is 26.0 Å². The van der Waals surface area contributed by atoms with Gasteiger partial charge in [0.15, 0.2) is 5.12 Å². The molecule has 0 aliphatic carbocycles. The molecule has 0 spiro atoms. The van der Waals surface area contributed by atoms with Crippen LogP contribution in [0.15, 0.2) is 0 Å². The molecule has 0 aromatic carbocycles. The molecule has 0 saturated carbocycles. The molecule has 0 saturated heterocycles. The maximum Gasteiger partial charge on any atom is 0.326 e. The number of nitrogens with one attached hydrogen (secondary N) is 5. The minimum Gasteiger partial charge on any atom is -0.480 e. The number of hydrogen-bond donors (Lipinski definition) is 10. The fraction of sp³-hybridized carbons (Fsp3) is 0.852. The monoisotopic (exact) mass is 1140 g/mol. The third kappa shape index (κ3) is 103. The summed E-state index contributed by atoms with van der Waals surface area (Å²) in [6.07, 6.45) is 23.7. The average Bonchev–Trinajstić information content (AvgIpc) is 3.42. The molecule has 2 atom stereocenters. The molecule has 22 heteroatoms. The van der Waals surface area contributed by atoms with Crippen LogP contribution in [0.1, 0.15) is 211 Å². The predicted octanol–water partition coefficient (Wildman–Crippen LogP) is 8.70. The van der Waals surface area contributed by atoms with E-state index in [1.165, 1.54) is 71.1 Å². The molecule has 0 bridgehead atoms. The van der Waals surface area contributed by atoms with Gasteiger partial charge in [0.2, 0.25) is 24.6 Å². The van der Waals surface area contributed by atoms with Gasteiger partial charge in [-0.2, -0.15) is 0 Å². The van der Waals surface area contributed by atoms with E-state index in [-0.39, 0.29) is 23.5 Å². The van der Waals surface area contributed by atoms with Gasteiger partial charge in [0.1, 0.15) is 25.0 Å². The Morgan fingerprint density at radius 2 is 0.921 bits per heavy atom. The Hall–Kier alpha value is -3.38. The first-order chi connectivity index (χ1) is 36.9. The quantitative estimate of drug-likeness (QED) is 0.0155. The Morgan fingerprint density at radius 3 is 1.33 bits per heavy atom. The van der Waals surface area contributed by atoms with Crippen molar-refractivity contribution in [3.8, 4) is 0 Å². The van der Waals surface area contributed by atoms with Crippen molar-refractivity contribution in [3.05, 3.63) is 0 Å². The molecule has 0 aliphatic rings. The lowest BCUT2D eigenvalue weighted by Crippen LogP contribution is -2.40. The van der Waals surface area contributed by atoms with E-state index < -0.39 is 24.0 Å². The topological polar surface area (TPSA) is 294 Å². The van der Waals surface area contributed by atoms with E-state index in [1.807, 2.05) is 69.2 Å².